The molecule has 152 valence electrons. The number of nitrogens with zero attached hydrogens (tertiary/aromatic N) is 1. The second-order valence-electron chi connectivity index (χ2n) is 6.49. The number of amides is 1. The number of aromatic hydroxyl groups is 1. The third-order valence-electron chi connectivity index (χ3n) is 4.76. The van der Waals surface area contributed by atoms with Crippen LogP contribution in [-0.4, -0.2) is 33.3 Å². The number of carbonyl (C=O) groups excluding carboxylic acids is 2. The zero-order valence-corrected chi connectivity index (χ0v) is 16.2. The third-order valence-corrected chi connectivity index (χ3v) is 5.00. The van der Waals surface area contributed by atoms with Gasteiger partial charge in [0.1, 0.15) is 6.73 Å². The van der Waals surface area contributed by atoms with E-state index in [1.54, 1.807) is 12.1 Å². The number of hydrogen-bond donors (Lipinski definition) is 3. The number of hydrogen-bond acceptors (Lipinski definition) is 4. The highest BCUT2D eigenvalue weighted by atomic mass is 35.5. The second kappa shape index (κ2) is 7.81. The molecule has 3 aromatic rings. The van der Waals surface area contributed by atoms with Crippen molar-refractivity contribution in [1.29, 1.82) is 0 Å². The Balaban J connectivity index is 2.35. The summed E-state index contributed by atoms with van der Waals surface area (Å²) in [6, 6.07) is 6.87. The lowest BCUT2D eigenvalue weighted by Crippen LogP contribution is -2.29. The van der Waals surface area contributed by atoms with Gasteiger partial charge in [0.2, 0.25) is 5.91 Å². The van der Waals surface area contributed by atoms with Crippen molar-refractivity contribution in [3.63, 3.8) is 0 Å². The van der Waals surface area contributed by atoms with E-state index in [4.69, 9.17) is 16.7 Å². The lowest BCUT2D eigenvalue weighted by molar-refractivity contribution is -0.123. The zero-order valence-electron chi connectivity index (χ0n) is 15.5. The van der Waals surface area contributed by atoms with E-state index in [2.05, 4.69) is 5.32 Å². The van der Waals surface area contributed by atoms with Crippen LogP contribution in [0.25, 0.3) is 10.9 Å². The highest BCUT2D eigenvalue weighted by Gasteiger charge is 2.30. The fraction of sp³-hybridized carbons (Fsp3) is 0.200. The van der Waals surface area contributed by atoms with E-state index >= 15 is 0 Å². The van der Waals surface area contributed by atoms with Gasteiger partial charge in [-0.05, 0) is 37.6 Å². The number of halogens is 3. The third kappa shape index (κ3) is 3.45. The van der Waals surface area contributed by atoms with Gasteiger partial charge in [0, 0.05) is 27.7 Å². The van der Waals surface area contributed by atoms with Gasteiger partial charge in [-0.1, -0.05) is 17.7 Å². The van der Waals surface area contributed by atoms with Gasteiger partial charge < -0.3 is 15.5 Å². The molecule has 0 saturated carbocycles. The molecular weight excluding hydrogens is 406 g/mol. The van der Waals surface area contributed by atoms with Crippen molar-refractivity contribution in [2.75, 3.05) is 6.73 Å². The molecule has 0 fully saturated rings. The van der Waals surface area contributed by atoms with Crippen molar-refractivity contribution >= 4 is 34.3 Å². The van der Waals surface area contributed by atoms with Crippen LogP contribution in [0.4, 0.5) is 8.78 Å². The van der Waals surface area contributed by atoms with E-state index in [0.717, 1.165) is 10.6 Å². The topological polar surface area (TPSA) is 91.6 Å². The van der Waals surface area contributed by atoms with Crippen molar-refractivity contribution in [2.24, 2.45) is 0 Å². The van der Waals surface area contributed by atoms with Crippen LogP contribution >= 0.6 is 11.6 Å². The summed E-state index contributed by atoms with van der Waals surface area (Å²) < 4.78 is 30.0. The summed E-state index contributed by atoms with van der Waals surface area (Å²) in [6.07, 6.45) is 0. The van der Waals surface area contributed by atoms with Crippen molar-refractivity contribution in [3.05, 3.63) is 63.8 Å². The Morgan fingerprint density at radius 2 is 1.97 bits per heavy atom. The van der Waals surface area contributed by atoms with Crippen LogP contribution < -0.4 is 5.32 Å². The first-order chi connectivity index (χ1) is 13.7. The molecule has 6 nitrogen and oxygen atoms in total. The van der Waals surface area contributed by atoms with Gasteiger partial charge >= 0.3 is 0 Å². The summed E-state index contributed by atoms with van der Waals surface area (Å²) in [6.45, 7) is 2.29. The molecule has 1 aromatic heterocycles. The molecule has 1 atom stereocenters. The summed E-state index contributed by atoms with van der Waals surface area (Å²) in [5.41, 5.74) is 0.313. The molecule has 0 saturated heterocycles. The normalized spacial score (nSPS) is 12.2. The average molecular weight is 423 g/mol. The van der Waals surface area contributed by atoms with E-state index in [1.807, 2.05) is 0 Å². The molecule has 3 N–H and O–H groups in total. The van der Waals surface area contributed by atoms with Crippen LogP contribution in [0.5, 0.6) is 5.75 Å². The first-order valence-electron chi connectivity index (χ1n) is 8.59. The summed E-state index contributed by atoms with van der Waals surface area (Å²) in [5.74, 6) is -5.97. The van der Waals surface area contributed by atoms with Gasteiger partial charge in [0.15, 0.2) is 17.4 Å². The van der Waals surface area contributed by atoms with Gasteiger partial charge in [-0.3, -0.25) is 14.2 Å². The molecule has 0 radical (unpaired) electrons. The molecule has 0 aliphatic heterocycles. The summed E-state index contributed by atoms with van der Waals surface area (Å²) in [7, 11) is 0. The number of nitrogens with one attached hydrogen (secondary N) is 1. The maximum atomic E-state index is 14.8. The average Bonchev–Trinajstić information content (AvgIpc) is 2.97. The molecule has 3 rings (SSSR count). The maximum absolute atomic E-state index is 14.8. The molecule has 0 unspecified atom stereocenters. The molecular formula is C20H17ClF2N2O4. The minimum absolute atomic E-state index is 0.0918. The van der Waals surface area contributed by atoms with Gasteiger partial charge in [-0.25, -0.2) is 8.78 Å². The highest BCUT2D eigenvalue weighted by Crippen LogP contribution is 2.38. The Bertz CT molecular complexity index is 1140. The molecule has 0 bridgehead atoms. The highest BCUT2D eigenvalue weighted by molar-refractivity contribution is 6.31. The smallest absolute Gasteiger partial charge is 0.262 e. The number of fused-ring (bicyclic) bond motifs is 1. The SMILES string of the molecule is Cc1c([C@H](C)C(=O)NCO)c2c(F)c(O)c(F)cc2n1C(=O)c1cccc(Cl)c1. The Kier molecular flexibility index (Phi) is 5.59. The number of rotatable bonds is 4. The van der Waals surface area contributed by atoms with Gasteiger partial charge in [-0.2, -0.15) is 0 Å². The monoisotopic (exact) mass is 422 g/mol. The molecule has 9 heteroatoms. The largest absolute Gasteiger partial charge is 0.503 e. The zero-order chi connectivity index (χ0) is 21.5. The lowest BCUT2D eigenvalue weighted by Gasteiger charge is -2.13. The first-order valence-corrected chi connectivity index (χ1v) is 8.97. The van der Waals surface area contributed by atoms with E-state index in [1.165, 1.54) is 26.0 Å². The van der Waals surface area contributed by atoms with Gasteiger partial charge in [0.05, 0.1) is 11.4 Å². The summed E-state index contributed by atoms with van der Waals surface area (Å²) in [4.78, 5) is 25.4. The number of aliphatic hydroxyl groups is 1. The van der Waals surface area contributed by atoms with E-state index in [-0.39, 0.29) is 27.7 Å². The van der Waals surface area contributed by atoms with Crippen molar-refractivity contribution in [3.8, 4) is 5.75 Å². The fourth-order valence-electron chi connectivity index (χ4n) is 3.42. The molecule has 29 heavy (non-hydrogen) atoms. The van der Waals surface area contributed by atoms with Crippen LogP contribution in [0.2, 0.25) is 5.02 Å². The van der Waals surface area contributed by atoms with Crippen molar-refractivity contribution < 1.29 is 28.6 Å². The number of phenols is 1. The Hall–Kier alpha value is -2.97. The van der Waals surface area contributed by atoms with Crippen LogP contribution in [0, 0.1) is 18.6 Å². The maximum Gasteiger partial charge on any atom is 0.262 e. The molecule has 0 spiro atoms. The van der Waals surface area contributed by atoms with Crippen LogP contribution in [0.15, 0.2) is 30.3 Å². The molecule has 1 amide bonds. The van der Waals surface area contributed by atoms with Crippen LogP contribution in [0.3, 0.4) is 0 Å². The van der Waals surface area contributed by atoms with Gasteiger partial charge in [0.25, 0.3) is 5.91 Å². The summed E-state index contributed by atoms with van der Waals surface area (Å²) in [5, 5.41) is 20.9. The first kappa shape index (κ1) is 20.8. The fourth-order valence-corrected chi connectivity index (χ4v) is 3.61. The predicted molar refractivity (Wildman–Crippen MR) is 103 cm³/mol. The number of benzene rings is 2. The minimum Gasteiger partial charge on any atom is -0.503 e. The standard InChI is InChI=1S/C20H17ClF2N2O4/c1-9(19(28)24-8-26)15-10(2)25(20(29)11-4-3-5-12(21)6-11)14-7-13(22)18(27)17(23)16(14)15/h3-7,9,26-27H,8H2,1-2H3,(H,24,28)/t9-/m0/s1. The second-order valence-corrected chi connectivity index (χ2v) is 6.92. The van der Waals surface area contributed by atoms with Gasteiger partial charge in [-0.15, -0.1) is 0 Å². The molecule has 0 aliphatic carbocycles. The lowest BCUT2D eigenvalue weighted by atomic mass is 9.96. The number of carbonyl (C=O) groups is 2. The quantitative estimate of drug-likeness (QED) is 0.562. The molecule has 1 heterocycles. The van der Waals surface area contributed by atoms with Crippen molar-refractivity contribution in [2.45, 2.75) is 19.8 Å². The minimum atomic E-state index is -1.28. The van der Waals surface area contributed by atoms with E-state index < -0.39 is 41.8 Å². The Morgan fingerprint density at radius 1 is 1.28 bits per heavy atom. The predicted octanol–water partition coefficient (Wildman–Crippen LogP) is 3.44. The number of aliphatic hydroxyl groups excluding tert-OH is 1. The Labute approximate surface area is 169 Å². The Morgan fingerprint density at radius 3 is 2.59 bits per heavy atom. The van der Waals surface area contributed by atoms with Crippen LogP contribution in [-0.2, 0) is 4.79 Å². The van der Waals surface area contributed by atoms with E-state index in [9.17, 15) is 23.5 Å². The molecule has 0 aliphatic rings. The number of aromatic nitrogens is 1. The number of phenolic OH excluding ortho intramolecular Hbond substituents is 1. The summed E-state index contributed by atoms with van der Waals surface area (Å²) >= 11 is 5.95. The van der Waals surface area contributed by atoms with Crippen LogP contribution in [0.1, 0.15) is 34.5 Å². The van der Waals surface area contributed by atoms with E-state index in [0.29, 0.717) is 5.02 Å². The molecule has 2 aromatic carbocycles. The van der Waals surface area contributed by atoms with Crippen molar-refractivity contribution in [1.82, 2.24) is 9.88 Å².